The standard InChI is InChI=1S/C16H17NO2/c1-4-16(2,3)11-10-13-15(18)19-14(17-13)12-8-6-5-7-9-12/h4-10H,1,11H2,2-3H3/b13-10-. The molecule has 0 atom stereocenters. The number of esters is 1. The number of carbonyl (C=O) groups excluding carboxylic acids is 1. The quantitative estimate of drug-likeness (QED) is 0.469. The van der Waals surface area contributed by atoms with E-state index in [-0.39, 0.29) is 5.41 Å². The van der Waals surface area contributed by atoms with Crippen LogP contribution in [0.1, 0.15) is 25.8 Å². The van der Waals surface area contributed by atoms with Crippen molar-refractivity contribution in [2.24, 2.45) is 10.4 Å². The highest BCUT2D eigenvalue weighted by Gasteiger charge is 2.24. The Hall–Kier alpha value is -2.16. The zero-order chi connectivity index (χ0) is 13.9. The highest BCUT2D eigenvalue weighted by molar-refractivity contribution is 6.11. The van der Waals surface area contributed by atoms with Crippen LogP contribution in [0.15, 0.2) is 59.8 Å². The molecule has 0 aliphatic carbocycles. The molecule has 0 radical (unpaired) electrons. The summed E-state index contributed by atoms with van der Waals surface area (Å²) in [5.74, 6) is -0.0213. The van der Waals surface area contributed by atoms with Crippen LogP contribution in [0, 0.1) is 5.41 Å². The summed E-state index contributed by atoms with van der Waals surface area (Å²) in [6.45, 7) is 7.89. The number of carbonyl (C=O) groups is 1. The van der Waals surface area contributed by atoms with E-state index >= 15 is 0 Å². The molecular weight excluding hydrogens is 238 g/mol. The highest BCUT2D eigenvalue weighted by Crippen LogP contribution is 2.24. The number of allylic oxidation sites excluding steroid dienone is 2. The van der Waals surface area contributed by atoms with Crippen molar-refractivity contribution in [3.05, 3.63) is 60.3 Å². The fourth-order valence-electron chi connectivity index (χ4n) is 1.59. The SMILES string of the molecule is C=CC(C)(C)C/C=C1\N=C(c2ccccc2)OC1=O. The molecule has 98 valence electrons. The van der Waals surface area contributed by atoms with E-state index in [1.54, 1.807) is 6.08 Å². The Balaban J connectivity index is 2.20. The van der Waals surface area contributed by atoms with Gasteiger partial charge in [0.25, 0.3) is 0 Å². The van der Waals surface area contributed by atoms with Gasteiger partial charge in [-0.05, 0) is 24.0 Å². The molecule has 0 amide bonds. The topological polar surface area (TPSA) is 38.7 Å². The minimum absolute atomic E-state index is 0.0572. The number of rotatable bonds is 4. The Morgan fingerprint density at radius 2 is 2.00 bits per heavy atom. The Kier molecular flexibility index (Phi) is 3.65. The molecular formula is C16H17NO2. The van der Waals surface area contributed by atoms with Gasteiger partial charge < -0.3 is 4.74 Å². The molecule has 0 saturated heterocycles. The number of hydrogen-bond donors (Lipinski definition) is 0. The van der Waals surface area contributed by atoms with E-state index in [0.29, 0.717) is 18.0 Å². The summed E-state index contributed by atoms with van der Waals surface area (Å²) in [4.78, 5) is 16.0. The van der Waals surface area contributed by atoms with E-state index in [9.17, 15) is 4.79 Å². The molecule has 3 heteroatoms. The first-order chi connectivity index (χ1) is 9.02. The van der Waals surface area contributed by atoms with Crippen LogP contribution in [0.2, 0.25) is 0 Å². The zero-order valence-corrected chi connectivity index (χ0v) is 11.2. The molecule has 0 N–H and O–H groups in total. The molecule has 0 fully saturated rings. The van der Waals surface area contributed by atoms with Crippen molar-refractivity contribution >= 4 is 11.9 Å². The summed E-state index contributed by atoms with van der Waals surface area (Å²) < 4.78 is 5.18. The third-order valence-electron chi connectivity index (χ3n) is 3.02. The van der Waals surface area contributed by atoms with Gasteiger partial charge in [-0.25, -0.2) is 9.79 Å². The smallest absolute Gasteiger partial charge is 0.363 e. The van der Waals surface area contributed by atoms with Crippen molar-refractivity contribution in [2.75, 3.05) is 0 Å². The van der Waals surface area contributed by atoms with Crippen LogP contribution < -0.4 is 0 Å². The molecule has 0 saturated carbocycles. The van der Waals surface area contributed by atoms with Crippen LogP contribution in [0.4, 0.5) is 0 Å². The zero-order valence-electron chi connectivity index (χ0n) is 11.2. The number of benzene rings is 1. The average Bonchev–Trinajstić information content (AvgIpc) is 2.79. The van der Waals surface area contributed by atoms with E-state index in [1.165, 1.54) is 0 Å². The van der Waals surface area contributed by atoms with Gasteiger partial charge >= 0.3 is 5.97 Å². The number of ether oxygens (including phenoxy) is 1. The van der Waals surface area contributed by atoms with Gasteiger partial charge in [-0.15, -0.1) is 6.58 Å². The van der Waals surface area contributed by atoms with Gasteiger partial charge in [0, 0.05) is 5.56 Å². The summed E-state index contributed by atoms with van der Waals surface area (Å²) in [5, 5.41) is 0. The van der Waals surface area contributed by atoms with Crippen molar-refractivity contribution < 1.29 is 9.53 Å². The number of hydrogen-bond acceptors (Lipinski definition) is 3. The van der Waals surface area contributed by atoms with Crippen LogP contribution in [-0.4, -0.2) is 11.9 Å². The second-order valence-electron chi connectivity index (χ2n) is 5.16. The van der Waals surface area contributed by atoms with E-state index in [1.807, 2.05) is 36.4 Å². The molecule has 0 aromatic heterocycles. The second-order valence-corrected chi connectivity index (χ2v) is 5.16. The number of nitrogens with zero attached hydrogens (tertiary/aromatic N) is 1. The highest BCUT2D eigenvalue weighted by atomic mass is 16.6. The summed E-state index contributed by atoms with van der Waals surface area (Å²) in [7, 11) is 0. The second kappa shape index (κ2) is 5.22. The largest absolute Gasteiger partial charge is 0.402 e. The maximum atomic E-state index is 11.7. The first kappa shape index (κ1) is 13.3. The van der Waals surface area contributed by atoms with Gasteiger partial charge in [0.15, 0.2) is 0 Å². The lowest BCUT2D eigenvalue weighted by Crippen LogP contribution is -2.07. The van der Waals surface area contributed by atoms with E-state index in [4.69, 9.17) is 4.74 Å². The first-order valence-electron chi connectivity index (χ1n) is 6.22. The predicted octanol–water partition coefficient (Wildman–Crippen LogP) is 3.48. The van der Waals surface area contributed by atoms with Crippen LogP contribution in [-0.2, 0) is 9.53 Å². The number of cyclic esters (lactones) is 1. The normalized spacial score (nSPS) is 17.3. The number of aliphatic imine (C=N–C) groups is 1. The minimum Gasteiger partial charge on any atom is -0.402 e. The van der Waals surface area contributed by atoms with E-state index in [0.717, 1.165) is 5.56 Å². The molecule has 0 spiro atoms. The lowest BCUT2D eigenvalue weighted by atomic mass is 9.89. The van der Waals surface area contributed by atoms with Crippen LogP contribution in [0.25, 0.3) is 0 Å². The molecule has 1 heterocycles. The lowest BCUT2D eigenvalue weighted by molar-refractivity contribution is -0.130. The Labute approximate surface area is 113 Å². The summed E-state index contributed by atoms with van der Waals surface area (Å²) in [6.07, 6.45) is 4.37. The molecule has 0 unspecified atom stereocenters. The third kappa shape index (κ3) is 3.19. The van der Waals surface area contributed by atoms with Gasteiger partial charge in [-0.1, -0.05) is 44.2 Å². The lowest BCUT2D eigenvalue weighted by Gasteiger charge is -2.16. The summed E-state index contributed by atoms with van der Waals surface area (Å²) in [5.41, 5.74) is 1.12. The minimum atomic E-state index is -0.390. The molecule has 1 aliphatic rings. The Morgan fingerprint density at radius 1 is 1.32 bits per heavy atom. The van der Waals surface area contributed by atoms with Crippen LogP contribution in [0.5, 0.6) is 0 Å². The Bertz CT molecular complexity index is 553. The van der Waals surface area contributed by atoms with Gasteiger partial charge in [0.05, 0.1) is 0 Å². The van der Waals surface area contributed by atoms with Crippen molar-refractivity contribution in [1.29, 1.82) is 0 Å². The third-order valence-corrected chi connectivity index (χ3v) is 3.02. The fourth-order valence-corrected chi connectivity index (χ4v) is 1.59. The van der Waals surface area contributed by atoms with Crippen molar-refractivity contribution in [2.45, 2.75) is 20.3 Å². The van der Waals surface area contributed by atoms with E-state index in [2.05, 4.69) is 25.4 Å². The van der Waals surface area contributed by atoms with Gasteiger partial charge in [0.1, 0.15) is 5.70 Å². The fraction of sp³-hybridized carbons (Fsp3) is 0.250. The van der Waals surface area contributed by atoms with E-state index < -0.39 is 5.97 Å². The van der Waals surface area contributed by atoms with Crippen LogP contribution in [0.3, 0.4) is 0 Å². The predicted molar refractivity (Wildman–Crippen MR) is 75.7 cm³/mol. The van der Waals surface area contributed by atoms with Crippen molar-refractivity contribution in [1.82, 2.24) is 0 Å². The molecule has 19 heavy (non-hydrogen) atoms. The molecule has 0 bridgehead atoms. The molecule has 1 aliphatic heterocycles. The van der Waals surface area contributed by atoms with Gasteiger partial charge in [-0.2, -0.15) is 0 Å². The maximum absolute atomic E-state index is 11.7. The maximum Gasteiger partial charge on any atom is 0.363 e. The first-order valence-corrected chi connectivity index (χ1v) is 6.22. The van der Waals surface area contributed by atoms with Crippen molar-refractivity contribution in [3.8, 4) is 0 Å². The van der Waals surface area contributed by atoms with Gasteiger partial charge in [-0.3, -0.25) is 0 Å². The average molecular weight is 255 g/mol. The van der Waals surface area contributed by atoms with Crippen LogP contribution >= 0.6 is 0 Å². The molecule has 2 rings (SSSR count). The van der Waals surface area contributed by atoms with Crippen molar-refractivity contribution in [3.63, 3.8) is 0 Å². The molecule has 3 nitrogen and oxygen atoms in total. The molecule has 1 aromatic carbocycles. The monoisotopic (exact) mass is 255 g/mol. The molecule has 1 aromatic rings. The summed E-state index contributed by atoms with van der Waals surface area (Å²) >= 11 is 0. The van der Waals surface area contributed by atoms with Gasteiger partial charge in [0.2, 0.25) is 5.90 Å². The summed E-state index contributed by atoms with van der Waals surface area (Å²) in [6, 6.07) is 9.40. The Morgan fingerprint density at radius 3 is 2.63 bits per heavy atom.